The van der Waals surface area contributed by atoms with Crippen molar-refractivity contribution in [2.75, 3.05) is 0 Å². The first-order chi connectivity index (χ1) is 10.4. The second-order valence-electron chi connectivity index (χ2n) is 8.90. The van der Waals surface area contributed by atoms with Gasteiger partial charge in [0.05, 0.1) is 12.2 Å². The number of halogens is 1. The zero-order valence-corrected chi connectivity index (χ0v) is 15.3. The van der Waals surface area contributed by atoms with Crippen molar-refractivity contribution in [3.63, 3.8) is 0 Å². The van der Waals surface area contributed by atoms with Crippen molar-refractivity contribution in [1.82, 2.24) is 0 Å². The lowest BCUT2D eigenvalue weighted by Crippen LogP contribution is -2.51. The summed E-state index contributed by atoms with van der Waals surface area (Å²) in [5.41, 5.74) is 1.94. The first-order valence-electron chi connectivity index (χ1n) is 9.06. The summed E-state index contributed by atoms with van der Waals surface area (Å²) in [5.74, 6) is 2.12. The van der Waals surface area contributed by atoms with Crippen molar-refractivity contribution >= 4 is 15.9 Å². The zero-order chi connectivity index (χ0) is 15.7. The molecule has 0 aliphatic heterocycles. The minimum Gasteiger partial charge on any atom is -0.393 e. The van der Waals surface area contributed by atoms with Crippen LogP contribution in [0.2, 0.25) is 0 Å². The van der Waals surface area contributed by atoms with Crippen molar-refractivity contribution < 1.29 is 10.2 Å². The molecule has 4 rings (SSSR count). The highest BCUT2D eigenvalue weighted by Crippen LogP contribution is 2.65. The van der Waals surface area contributed by atoms with Gasteiger partial charge in [-0.3, -0.25) is 0 Å². The molecule has 0 radical (unpaired) electrons. The van der Waals surface area contributed by atoms with Crippen LogP contribution in [-0.2, 0) is 0 Å². The number of fused-ring (bicyclic) bond motifs is 5. The average Bonchev–Trinajstić information content (AvgIpc) is 2.72. The van der Waals surface area contributed by atoms with Crippen LogP contribution < -0.4 is 0 Å². The van der Waals surface area contributed by atoms with Gasteiger partial charge < -0.3 is 10.2 Å². The van der Waals surface area contributed by atoms with E-state index in [1.54, 1.807) is 0 Å². The summed E-state index contributed by atoms with van der Waals surface area (Å²) in [6.45, 7) is 4.78. The highest BCUT2D eigenvalue weighted by molar-refractivity contribution is 9.09. The molecule has 2 N–H and O–H groups in total. The Kier molecular flexibility index (Phi) is 3.61. The molecule has 0 aromatic rings. The Morgan fingerprint density at radius 2 is 1.91 bits per heavy atom. The maximum atomic E-state index is 10.7. The Bertz CT molecular complexity index is 504. The van der Waals surface area contributed by atoms with Crippen LogP contribution in [0.15, 0.2) is 11.6 Å². The number of aliphatic hydroxyl groups excluding tert-OH is 2. The van der Waals surface area contributed by atoms with Crippen LogP contribution in [0, 0.1) is 28.6 Å². The average molecular weight is 369 g/mol. The zero-order valence-electron chi connectivity index (χ0n) is 13.8. The summed E-state index contributed by atoms with van der Waals surface area (Å²) in [4.78, 5) is 0.271. The van der Waals surface area contributed by atoms with E-state index in [1.807, 2.05) is 0 Å². The van der Waals surface area contributed by atoms with Crippen LogP contribution in [0.4, 0.5) is 0 Å². The molecule has 0 unspecified atom stereocenters. The molecule has 0 bridgehead atoms. The van der Waals surface area contributed by atoms with Crippen LogP contribution >= 0.6 is 15.9 Å². The number of alkyl halides is 1. The quantitative estimate of drug-likeness (QED) is 0.500. The fourth-order valence-corrected chi connectivity index (χ4v) is 7.59. The predicted molar refractivity (Wildman–Crippen MR) is 91.8 cm³/mol. The fraction of sp³-hybridized carbons (Fsp3) is 0.895. The smallest absolute Gasteiger partial charge is 0.0721 e. The SMILES string of the molecule is C[C@]12CC[C@H]3[C@@H](CC=C4C[C@@H](O)CC[C@@]43C)[C@@H]1C[C@H](Br)[C@@H]2O. The molecule has 3 heteroatoms. The number of hydrogen-bond acceptors (Lipinski definition) is 2. The largest absolute Gasteiger partial charge is 0.393 e. The number of allylic oxidation sites excluding steroid dienone is 1. The molecule has 2 nitrogen and oxygen atoms in total. The monoisotopic (exact) mass is 368 g/mol. The standard InChI is InChI=1S/C19H29BrO2/c1-18-7-5-12(21)9-11(18)3-4-13-14(18)6-8-19(2)15(13)10-16(20)17(19)22/h3,12-17,21-22H,4-10H2,1-2H3/t12-,13+,14-,15-,16-,17-,18-,19-/m0/s1. The van der Waals surface area contributed by atoms with Gasteiger partial charge in [0.1, 0.15) is 0 Å². The van der Waals surface area contributed by atoms with Crippen LogP contribution in [-0.4, -0.2) is 27.2 Å². The molecule has 8 atom stereocenters. The topological polar surface area (TPSA) is 40.5 Å². The predicted octanol–water partition coefficient (Wildman–Crippen LogP) is 4.04. The van der Waals surface area contributed by atoms with Crippen LogP contribution in [0.5, 0.6) is 0 Å². The van der Waals surface area contributed by atoms with Crippen LogP contribution in [0.1, 0.15) is 58.8 Å². The molecule has 0 spiro atoms. The molecule has 3 fully saturated rings. The molecule has 3 saturated carbocycles. The summed E-state index contributed by atoms with van der Waals surface area (Å²) in [6, 6.07) is 0. The van der Waals surface area contributed by atoms with Gasteiger partial charge in [0.2, 0.25) is 0 Å². The lowest BCUT2D eigenvalue weighted by atomic mass is 9.48. The van der Waals surface area contributed by atoms with Gasteiger partial charge in [0.25, 0.3) is 0 Å². The summed E-state index contributed by atoms with van der Waals surface area (Å²) >= 11 is 3.74. The second kappa shape index (κ2) is 5.07. The normalized spacial score (nSPS) is 57.6. The first-order valence-corrected chi connectivity index (χ1v) is 9.97. The minimum absolute atomic E-state index is 0.102. The third-order valence-corrected chi connectivity index (χ3v) is 8.89. The van der Waals surface area contributed by atoms with E-state index in [0.29, 0.717) is 11.3 Å². The van der Waals surface area contributed by atoms with E-state index in [2.05, 4.69) is 35.9 Å². The highest BCUT2D eigenvalue weighted by Gasteiger charge is 2.60. The third-order valence-electron chi connectivity index (χ3n) is 8.01. The maximum absolute atomic E-state index is 10.7. The van der Waals surface area contributed by atoms with Gasteiger partial charge in [0, 0.05) is 4.83 Å². The van der Waals surface area contributed by atoms with E-state index >= 15 is 0 Å². The van der Waals surface area contributed by atoms with Crippen molar-refractivity contribution in [3.05, 3.63) is 11.6 Å². The van der Waals surface area contributed by atoms with E-state index in [9.17, 15) is 10.2 Å². The van der Waals surface area contributed by atoms with Gasteiger partial charge in [-0.15, -0.1) is 0 Å². The lowest BCUT2D eigenvalue weighted by molar-refractivity contribution is -0.0706. The van der Waals surface area contributed by atoms with Crippen molar-refractivity contribution in [2.24, 2.45) is 28.6 Å². The van der Waals surface area contributed by atoms with Gasteiger partial charge in [-0.2, -0.15) is 0 Å². The van der Waals surface area contributed by atoms with Crippen molar-refractivity contribution in [1.29, 1.82) is 0 Å². The lowest BCUT2D eigenvalue weighted by Gasteiger charge is -2.57. The van der Waals surface area contributed by atoms with Gasteiger partial charge in [0.15, 0.2) is 0 Å². The maximum Gasteiger partial charge on any atom is 0.0721 e. The highest BCUT2D eigenvalue weighted by atomic mass is 79.9. The first kappa shape index (κ1) is 15.7. The van der Waals surface area contributed by atoms with Gasteiger partial charge in [-0.1, -0.05) is 41.4 Å². The molecule has 124 valence electrons. The van der Waals surface area contributed by atoms with Crippen LogP contribution in [0.3, 0.4) is 0 Å². The second-order valence-corrected chi connectivity index (χ2v) is 10.1. The Morgan fingerprint density at radius 1 is 1.14 bits per heavy atom. The fourth-order valence-electron chi connectivity index (χ4n) is 6.59. The molecule has 22 heavy (non-hydrogen) atoms. The van der Waals surface area contributed by atoms with Crippen LogP contribution in [0.25, 0.3) is 0 Å². The summed E-state index contributed by atoms with van der Waals surface area (Å²) < 4.78 is 0. The van der Waals surface area contributed by atoms with Crippen molar-refractivity contribution in [3.8, 4) is 0 Å². The number of hydrogen-bond donors (Lipinski definition) is 2. The van der Waals surface area contributed by atoms with E-state index in [0.717, 1.165) is 50.4 Å². The Morgan fingerprint density at radius 3 is 2.68 bits per heavy atom. The molecule has 0 aromatic carbocycles. The van der Waals surface area contributed by atoms with Gasteiger partial charge in [-0.25, -0.2) is 0 Å². The van der Waals surface area contributed by atoms with E-state index in [4.69, 9.17) is 0 Å². The Hall–Kier alpha value is 0.140. The summed E-state index contributed by atoms with van der Waals surface area (Å²) in [7, 11) is 0. The molecule has 0 aromatic heterocycles. The molecule has 4 aliphatic rings. The molecule has 0 heterocycles. The van der Waals surface area contributed by atoms with E-state index in [1.165, 1.54) is 12.0 Å². The molecule has 4 aliphatic carbocycles. The number of rotatable bonds is 0. The Balaban J connectivity index is 1.68. The van der Waals surface area contributed by atoms with Crippen molar-refractivity contribution in [2.45, 2.75) is 75.8 Å². The molecular formula is C19H29BrO2. The third kappa shape index (κ3) is 1.97. The molecular weight excluding hydrogens is 340 g/mol. The van der Waals surface area contributed by atoms with Gasteiger partial charge >= 0.3 is 0 Å². The number of aliphatic hydroxyl groups is 2. The minimum atomic E-state index is -0.190. The summed E-state index contributed by atoms with van der Waals surface area (Å²) in [5, 5.41) is 20.7. The Labute approximate surface area is 142 Å². The van der Waals surface area contributed by atoms with Gasteiger partial charge in [-0.05, 0) is 73.5 Å². The van der Waals surface area contributed by atoms with E-state index in [-0.39, 0.29) is 22.5 Å². The molecule has 0 saturated heterocycles. The molecule has 0 amide bonds. The summed E-state index contributed by atoms with van der Waals surface area (Å²) in [6.07, 6.45) is 9.85. The van der Waals surface area contributed by atoms with E-state index < -0.39 is 0 Å².